The Morgan fingerprint density at radius 3 is 2.43 bits per heavy atom. The molecule has 2 aromatic rings. The molecule has 35 heavy (non-hydrogen) atoms. The van der Waals surface area contributed by atoms with Gasteiger partial charge >= 0.3 is 0 Å². The fourth-order valence-electron chi connectivity index (χ4n) is 3.94. The van der Waals surface area contributed by atoms with Crippen molar-refractivity contribution >= 4 is 17.7 Å². The zero-order valence-corrected chi connectivity index (χ0v) is 21.2. The molecule has 0 fully saturated rings. The van der Waals surface area contributed by atoms with Crippen molar-refractivity contribution in [3.63, 3.8) is 0 Å². The second kappa shape index (κ2) is 10.9. The number of fused-ring (bicyclic) bond motifs is 1. The molecule has 0 bridgehead atoms. The minimum Gasteiger partial charge on any atom is -0.472 e. The highest BCUT2D eigenvalue weighted by atomic mass is 16.5. The number of nitrogens with zero attached hydrogens (tertiary/aromatic N) is 4. The van der Waals surface area contributed by atoms with E-state index in [1.54, 1.807) is 62.3 Å². The molecule has 0 unspecified atom stereocenters. The van der Waals surface area contributed by atoms with Crippen molar-refractivity contribution in [2.75, 3.05) is 40.8 Å². The Morgan fingerprint density at radius 2 is 1.86 bits per heavy atom. The Balaban J connectivity index is 2.02. The fraction of sp³-hybridized carbons (Fsp3) is 0.462. The molecule has 0 aliphatic carbocycles. The van der Waals surface area contributed by atoms with Gasteiger partial charge in [0.1, 0.15) is 11.7 Å². The van der Waals surface area contributed by atoms with Crippen molar-refractivity contribution in [3.8, 4) is 17.0 Å². The molecule has 1 aliphatic rings. The molecule has 0 spiro atoms. The molecule has 1 aromatic carbocycles. The topological polar surface area (TPSA) is 103 Å². The Hall–Kier alpha value is -3.46. The van der Waals surface area contributed by atoms with Gasteiger partial charge < -0.3 is 24.5 Å². The van der Waals surface area contributed by atoms with Crippen molar-refractivity contribution in [1.82, 2.24) is 19.7 Å². The van der Waals surface area contributed by atoms with Gasteiger partial charge in [-0.25, -0.2) is 4.98 Å². The first-order valence-electron chi connectivity index (χ1n) is 11.7. The molecule has 0 saturated heterocycles. The smallest absolute Gasteiger partial charge is 0.259 e. The maximum Gasteiger partial charge on any atom is 0.259 e. The third-order valence-electron chi connectivity index (χ3n) is 6.38. The van der Waals surface area contributed by atoms with Gasteiger partial charge in [0.2, 0.25) is 11.8 Å². The summed E-state index contributed by atoms with van der Waals surface area (Å²) in [5.41, 5.74) is 2.35. The first kappa shape index (κ1) is 26.2. The van der Waals surface area contributed by atoms with Crippen LogP contribution in [0.4, 0.5) is 0 Å². The van der Waals surface area contributed by atoms with E-state index in [9.17, 15) is 19.5 Å². The Bertz CT molecular complexity index is 1090. The van der Waals surface area contributed by atoms with E-state index < -0.39 is 6.04 Å². The SMILES string of the molecule is CC(=O)N(C)C[C@@H]1Oc2ncc(-c3ccc(C(=O)N(C)C)cc3)cc2C(=O)N([C@H](C)CO)C[C@@H]1C. The Kier molecular flexibility index (Phi) is 8.11. The quantitative estimate of drug-likeness (QED) is 0.677. The van der Waals surface area contributed by atoms with Gasteiger partial charge in [0.05, 0.1) is 19.2 Å². The average Bonchev–Trinajstić information content (AvgIpc) is 2.84. The number of carbonyl (C=O) groups excluding carboxylic acids is 3. The van der Waals surface area contributed by atoms with Crippen LogP contribution in [0.3, 0.4) is 0 Å². The van der Waals surface area contributed by atoms with Gasteiger partial charge in [-0.05, 0) is 30.7 Å². The van der Waals surface area contributed by atoms with Crippen molar-refractivity contribution in [2.24, 2.45) is 5.92 Å². The van der Waals surface area contributed by atoms with Gasteiger partial charge in [-0.1, -0.05) is 19.1 Å². The molecule has 3 amide bonds. The second-order valence-corrected chi connectivity index (χ2v) is 9.38. The van der Waals surface area contributed by atoms with E-state index in [1.165, 1.54) is 11.8 Å². The lowest BCUT2D eigenvalue weighted by atomic mass is 9.99. The van der Waals surface area contributed by atoms with E-state index in [0.29, 0.717) is 29.8 Å². The minimum atomic E-state index is -0.401. The number of ether oxygens (including phenoxy) is 1. The number of amides is 3. The number of pyridine rings is 1. The summed E-state index contributed by atoms with van der Waals surface area (Å²) < 4.78 is 6.20. The summed E-state index contributed by atoms with van der Waals surface area (Å²) >= 11 is 0. The van der Waals surface area contributed by atoms with Crippen LogP contribution in [0.2, 0.25) is 0 Å². The van der Waals surface area contributed by atoms with Crippen molar-refractivity contribution in [3.05, 3.63) is 47.7 Å². The van der Waals surface area contributed by atoms with E-state index in [2.05, 4.69) is 4.98 Å². The lowest BCUT2D eigenvalue weighted by Gasteiger charge is -2.37. The molecule has 2 heterocycles. The molecule has 188 valence electrons. The van der Waals surface area contributed by atoms with Gasteiger partial charge in [0, 0.05) is 57.9 Å². The van der Waals surface area contributed by atoms with Crippen LogP contribution in [0, 0.1) is 5.92 Å². The molecule has 1 aromatic heterocycles. The molecule has 0 radical (unpaired) electrons. The number of aliphatic hydroxyl groups excluding tert-OH is 1. The number of aromatic nitrogens is 1. The first-order chi connectivity index (χ1) is 16.5. The third-order valence-corrected chi connectivity index (χ3v) is 6.38. The number of hydrogen-bond donors (Lipinski definition) is 1. The molecule has 0 saturated carbocycles. The summed E-state index contributed by atoms with van der Waals surface area (Å²) in [6.07, 6.45) is 1.24. The largest absolute Gasteiger partial charge is 0.472 e. The molecule has 1 aliphatic heterocycles. The number of benzene rings is 1. The molecular formula is C26H34N4O5. The lowest BCUT2D eigenvalue weighted by Crippen LogP contribution is -2.50. The van der Waals surface area contributed by atoms with Crippen LogP contribution >= 0.6 is 0 Å². The second-order valence-electron chi connectivity index (χ2n) is 9.38. The van der Waals surface area contributed by atoms with E-state index in [-0.39, 0.29) is 42.2 Å². The minimum absolute atomic E-state index is 0.0840. The lowest BCUT2D eigenvalue weighted by molar-refractivity contribution is -0.129. The van der Waals surface area contributed by atoms with E-state index in [0.717, 1.165) is 5.56 Å². The van der Waals surface area contributed by atoms with Gasteiger partial charge in [-0.2, -0.15) is 0 Å². The molecule has 9 nitrogen and oxygen atoms in total. The van der Waals surface area contributed by atoms with Crippen molar-refractivity contribution in [2.45, 2.75) is 32.9 Å². The average molecular weight is 483 g/mol. The van der Waals surface area contributed by atoms with Gasteiger partial charge in [-0.15, -0.1) is 0 Å². The fourth-order valence-corrected chi connectivity index (χ4v) is 3.94. The summed E-state index contributed by atoms with van der Waals surface area (Å²) in [4.78, 5) is 46.8. The zero-order valence-electron chi connectivity index (χ0n) is 21.2. The monoisotopic (exact) mass is 482 g/mol. The Morgan fingerprint density at radius 1 is 1.20 bits per heavy atom. The maximum absolute atomic E-state index is 13.6. The van der Waals surface area contributed by atoms with Crippen LogP contribution in [-0.2, 0) is 4.79 Å². The standard InChI is InChI=1S/C26H34N4O5/c1-16-13-30(17(2)15-31)26(34)22-11-21(19-7-9-20(10-8-19)25(33)28(4)5)12-27-24(22)35-23(16)14-29(6)18(3)32/h7-12,16-17,23,31H,13-15H2,1-6H3/t16-,17+,23-/m0/s1. The molecular weight excluding hydrogens is 448 g/mol. The van der Waals surface area contributed by atoms with Crippen molar-refractivity contribution < 1.29 is 24.2 Å². The van der Waals surface area contributed by atoms with Gasteiger partial charge in [0.15, 0.2) is 0 Å². The maximum atomic E-state index is 13.6. The molecule has 9 heteroatoms. The van der Waals surface area contributed by atoms with E-state index in [1.807, 2.05) is 19.1 Å². The first-order valence-corrected chi connectivity index (χ1v) is 11.7. The summed E-state index contributed by atoms with van der Waals surface area (Å²) in [6, 6.07) is 8.43. The van der Waals surface area contributed by atoms with Gasteiger partial charge in [-0.3, -0.25) is 14.4 Å². The highest BCUT2D eigenvalue weighted by Gasteiger charge is 2.34. The summed E-state index contributed by atoms with van der Waals surface area (Å²) in [6.45, 7) is 5.77. The number of hydrogen-bond acceptors (Lipinski definition) is 6. The highest BCUT2D eigenvalue weighted by Crippen LogP contribution is 2.30. The summed E-state index contributed by atoms with van der Waals surface area (Å²) in [5.74, 6) is -0.367. The van der Waals surface area contributed by atoms with Crippen LogP contribution < -0.4 is 4.74 Å². The normalized spacial score (nSPS) is 18.6. The number of likely N-dealkylation sites (N-methyl/N-ethyl adjacent to an activating group) is 1. The predicted molar refractivity (Wildman–Crippen MR) is 132 cm³/mol. The number of carbonyl (C=O) groups is 3. The van der Waals surface area contributed by atoms with Gasteiger partial charge in [0.25, 0.3) is 11.8 Å². The van der Waals surface area contributed by atoms with Crippen LogP contribution in [0.15, 0.2) is 36.5 Å². The number of aliphatic hydroxyl groups is 1. The molecule has 3 rings (SSSR count). The Labute approximate surface area is 206 Å². The van der Waals surface area contributed by atoms with Crippen LogP contribution in [-0.4, -0.2) is 95.5 Å². The third kappa shape index (κ3) is 5.79. The number of rotatable bonds is 6. The zero-order chi connectivity index (χ0) is 25.9. The summed E-state index contributed by atoms with van der Waals surface area (Å²) in [5, 5.41) is 9.80. The van der Waals surface area contributed by atoms with Crippen LogP contribution in [0.1, 0.15) is 41.5 Å². The molecule has 3 atom stereocenters. The van der Waals surface area contributed by atoms with Crippen molar-refractivity contribution in [1.29, 1.82) is 0 Å². The summed E-state index contributed by atoms with van der Waals surface area (Å²) in [7, 11) is 5.10. The predicted octanol–water partition coefficient (Wildman–Crippen LogP) is 2.15. The molecule has 1 N–H and O–H groups in total. The van der Waals surface area contributed by atoms with Crippen LogP contribution in [0.25, 0.3) is 11.1 Å². The van der Waals surface area contributed by atoms with E-state index >= 15 is 0 Å². The van der Waals surface area contributed by atoms with Crippen LogP contribution in [0.5, 0.6) is 5.88 Å². The highest BCUT2D eigenvalue weighted by molar-refractivity contribution is 5.98. The van der Waals surface area contributed by atoms with E-state index in [4.69, 9.17) is 4.74 Å².